The average Bonchev–Trinajstić information content (AvgIpc) is 2.65. The number of methoxy groups -OCH3 is 1. The van der Waals surface area contributed by atoms with E-state index in [9.17, 15) is 0 Å². The van der Waals surface area contributed by atoms with Gasteiger partial charge in [0.1, 0.15) is 10.8 Å². The number of hydrogen-bond acceptors (Lipinski definition) is 3. The number of nitrogens with zero attached hydrogens (tertiary/aromatic N) is 1. The summed E-state index contributed by atoms with van der Waals surface area (Å²) in [5.74, 6) is 0.840. The lowest BCUT2D eigenvalue weighted by atomic mass is 10.2. The van der Waals surface area contributed by atoms with Crippen molar-refractivity contribution in [1.82, 2.24) is 4.98 Å². The van der Waals surface area contributed by atoms with Crippen molar-refractivity contribution in [2.45, 2.75) is 6.92 Å². The van der Waals surface area contributed by atoms with Crippen molar-refractivity contribution < 1.29 is 4.74 Å². The van der Waals surface area contributed by atoms with Crippen molar-refractivity contribution in [2.24, 2.45) is 0 Å². The van der Waals surface area contributed by atoms with Gasteiger partial charge in [0.25, 0.3) is 0 Å². The quantitative estimate of drug-likeness (QED) is 0.834. The number of benzene rings is 1. The van der Waals surface area contributed by atoms with Crippen molar-refractivity contribution in [3.05, 3.63) is 33.7 Å². The lowest BCUT2D eigenvalue weighted by molar-refractivity contribution is 0.412. The molecule has 78 valence electrons. The minimum absolute atomic E-state index is 0.840. The van der Waals surface area contributed by atoms with E-state index in [0.717, 1.165) is 20.8 Å². The fourth-order valence-electron chi connectivity index (χ4n) is 1.29. The molecule has 15 heavy (non-hydrogen) atoms. The van der Waals surface area contributed by atoms with Crippen LogP contribution in [0.5, 0.6) is 5.75 Å². The highest BCUT2D eigenvalue weighted by Crippen LogP contribution is 2.32. The molecule has 0 N–H and O–H groups in total. The van der Waals surface area contributed by atoms with E-state index in [1.165, 1.54) is 4.88 Å². The first-order chi connectivity index (χ1) is 7.20. The van der Waals surface area contributed by atoms with Crippen LogP contribution < -0.4 is 4.74 Å². The van der Waals surface area contributed by atoms with E-state index in [2.05, 4.69) is 27.8 Å². The molecule has 0 aliphatic rings. The van der Waals surface area contributed by atoms with Crippen LogP contribution in [0, 0.1) is 6.92 Å². The smallest absolute Gasteiger partial charge is 0.133 e. The third-order valence-electron chi connectivity index (χ3n) is 2.02. The molecule has 1 aromatic carbocycles. The van der Waals surface area contributed by atoms with Gasteiger partial charge in [-0.1, -0.05) is 0 Å². The summed E-state index contributed by atoms with van der Waals surface area (Å²) in [5.41, 5.74) is 1.11. The van der Waals surface area contributed by atoms with Gasteiger partial charge in [0.15, 0.2) is 0 Å². The van der Waals surface area contributed by atoms with E-state index in [1.54, 1.807) is 18.4 Å². The van der Waals surface area contributed by atoms with Crippen LogP contribution >= 0.6 is 27.3 Å². The summed E-state index contributed by atoms with van der Waals surface area (Å²) in [4.78, 5) is 5.56. The Morgan fingerprint density at radius 2 is 2.20 bits per heavy atom. The van der Waals surface area contributed by atoms with Crippen LogP contribution in [0.25, 0.3) is 10.6 Å². The third-order valence-corrected chi connectivity index (χ3v) is 3.60. The first-order valence-electron chi connectivity index (χ1n) is 4.47. The van der Waals surface area contributed by atoms with Crippen LogP contribution in [0.3, 0.4) is 0 Å². The summed E-state index contributed by atoms with van der Waals surface area (Å²) < 4.78 is 6.13. The van der Waals surface area contributed by atoms with E-state index in [1.807, 2.05) is 24.4 Å². The second-order valence-electron chi connectivity index (χ2n) is 3.13. The van der Waals surface area contributed by atoms with E-state index < -0.39 is 0 Å². The second kappa shape index (κ2) is 4.33. The molecule has 1 aromatic heterocycles. The zero-order valence-corrected chi connectivity index (χ0v) is 10.9. The minimum Gasteiger partial charge on any atom is -0.496 e. The molecule has 1 heterocycles. The fraction of sp³-hybridized carbons (Fsp3) is 0.182. The monoisotopic (exact) mass is 283 g/mol. The van der Waals surface area contributed by atoms with E-state index in [0.29, 0.717) is 0 Å². The maximum atomic E-state index is 5.18. The van der Waals surface area contributed by atoms with Gasteiger partial charge in [-0.15, -0.1) is 11.3 Å². The van der Waals surface area contributed by atoms with Crippen molar-refractivity contribution in [3.8, 4) is 16.3 Å². The Labute approximate surface area is 101 Å². The standard InChI is InChI=1S/C11H10BrNOS/c1-7-6-13-11(15-7)8-3-4-10(14-2)9(12)5-8/h3-6H,1-2H3. The topological polar surface area (TPSA) is 22.1 Å². The summed E-state index contributed by atoms with van der Waals surface area (Å²) in [6, 6.07) is 5.98. The van der Waals surface area contributed by atoms with Gasteiger partial charge in [-0.3, -0.25) is 0 Å². The van der Waals surface area contributed by atoms with E-state index in [-0.39, 0.29) is 0 Å². The predicted octanol–water partition coefficient (Wildman–Crippen LogP) is 3.89. The first-order valence-corrected chi connectivity index (χ1v) is 6.08. The fourth-order valence-corrected chi connectivity index (χ4v) is 2.59. The summed E-state index contributed by atoms with van der Waals surface area (Å²) in [7, 11) is 1.66. The number of hydrogen-bond donors (Lipinski definition) is 0. The number of rotatable bonds is 2. The molecule has 0 saturated carbocycles. The van der Waals surface area contributed by atoms with Gasteiger partial charge in [-0.25, -0.2) is 4.98 Å². The largest absolute Gasteiger partial charge is 0.496 e. The van der Waals surface area contributed by atoms with Gasteiger partial charge in [-0.2, -0.15) is 0 Å². The zero-order chi connectivity index (χ0) is 10.8. The molecule has 0 unspecified atom stereocenters. The number of thiazole rings is 1. The van der Waals surface area contributed by atoms with Gasteiger partial charge in [-0.05, 0) is 41.1 Å². The highest BCUT2D eigenvalue weighted by Gasteiger charge is 2.06. The summed E-state index contributed by atoms with van der Waals surface area (Å²) in [6.07, 6.45) is 1.89. The molecule has 4 heteroatoms. The van der Waals surface area contributed by atoms with Crippen LogP contribution in [0.4, 0.5) is 0 Å². The van der Waals surface area contributed by atoms with Crippen LogP contribution in [-0.2, 0) is 0 Å². The Morgan fingerprint density at radius 3 is 2.73 bits per heavy atom. The Morgan fingerprint density at radius 1 is 1.40 bits per heavy atom. The molecule has 2 aromatic rings. The van der Waals surface area contributed by atoms with Crippen LogP contribution in [0.1, 0.15) is 4.88 Å². The van der Waals surface area contributed by atoms with Crippen molar-refractivity contribution in [3.63, 3.8) is 0 Å². The molecule has 0 aliphatic carbocycles. The summed E-state index contributed by atoms with van der Waals surface area (Å²) in [5, 5.41) is 1.04. The maximum absolute atomic E-state index is 5.18. The average molecular weight is 284 g/mol. The first kappa shape index (κ1) is 10.6. The van der Waals surface area contributed by atoms with Gasteiger partial charge in [0.2, 0.25) is 0 Å². The van der Waals surface area contributed by atoms with Crippen LogP contribution in [0.15, 0.2) is 28.9 Å². The molecule has 0 atom stereocenters. The van der Waals surface area contributed by atoms with Crippen molar-refractivity contribution in [1.29, 1.82) is 0 Å². The van der Waals surface area contributed by atoms with Crippen LogP contribution in [-0.4, -0.2) is 12.1 Å². The van der Waals surface area contributed by atoms with Crippen molar-refractivity contribution >= 4 is 27.3 Å². The molecule has 0 bridgehead atoms. The summed E-state index contributed by atoms with van der Waals surface area (Å²) in [6.45, 7) is 2.06. The highest BCUT2D eigenvalue weighted by atomic mass is 79.9. The molecule has 0 saturated heterocycles. The molecule has 0 fully saturated rings. The normalized spacial score (nSPS) is 10.3. The Bertz CT molecular complexity index is 481. The number of ether oxygens (including phenoxy) is 1. The summed E-state index contributed by atoms with van der Waals surface area (Å²) >= 11 is 5.15. The van der Waals surface area contributed by atoms with Crippen molar-refractivity contribution in [2.75, 3.05) is 7.11 Å². The lowest BCUT2D eigenvalue weighted by Gasteiger charge is -2.03. The van der Waals surface area contributed by atoms with E-state index >= 15 is 0 Å². The molecule has 2 nitrogen and oxygen atoms in total. The number of aromatic nitrogens is 1. The SMILES string of the molecule is COc1ccc(-c2ncc(C)s2)cc1Br. The lowest BCUT2D eigenvalue weighted by Crippen LogP contribution is -1.84. The molecular weight excluding hydrogens is 274 g/mol. The third kappa shape index (κ3) is 2.21. The van der Waals surface area contributed by atoms with Crippen LogP contribution in [0.2, 0.25) is 0 Å². The molecule has 0 aliphatic heterocycles. The molecule has 0 spiro atoms. The highest BCUT2D eigenvalue weighted by molar-refractivity contribution is 9.10. The van der Waals surface area contributed by atoms with Gasteiger partial charge < -0.3 is 4.74 Å². The predicted molar refractivity (Wildman–Crippen MR) is 66.5 cm³/mol. The molecular formula is C11H10BrNOS. The Balaban J connectivity index is 2.42. The molecule has 0 amide bonds. The Hall–Kier alpha value is -0.870. The number of halogens is 1. The maximum Gasteiger partial charge on any atom is 0.133 e. The Kier molecular flexibility index (Phi) is 3.07. The molecule has 0 radical (unpaired) electrons. The van der Waals surface area contributed by atoms with Gasteiger partial charge in [0, 0.05) is 16.6 Å². The zero-order valence-electron chi connectivity index (χ0n) is 8.45. The second-order valence-corrected chi connectivity index (χ2v) is 5.21. The van der Waals surface area contributed by atoms with E-state index in [4.69, 9.17) is 4.74 Å². The minimum atomic E-state index is 0.840. The number of aryl methyl sites for hydroxylation is 1. The molecule has 2 rings (SSSR count). The van der Waals surface area contributed by atoms with Gasteiger partial charge >= 0.3 is 0 Å². The van der Waals surface area contributed by atoms with Gasteiger partial charge in [0.05, 0.1) is 11.6 Å².